The first-order chi connectivity index (χ1) is 9.61. The van der Waals surface area contributed by atoms with Crippen molar-refractivity contribution in [3.05, 3.63) is 39.6 Å². The molecule has 2 aromatic rings. The van der Waals surface area contributed by atoms with Crippen molar-refractivity contribution >= 4 is 33.5 Å². The summed E-state index contributed by atoms with van der Waals surface area (Å²) < 4.78 is 7.96. The van der Waals surface area contributed by atoms with E-state index in [1.165, 1.54) is 0 Å². The van der Waals surface area contributed by atoms with Crippen molar-refractivity contribution in [1.29, 1.82) is 0 Å². The molecule has 2 rings (SSSR count). The molecule has 0 aliphatic heterocycles. The Morgan fingerprint density at radius 3 is 2.95 bits per heavy atom. The van der Waals surface area contributed by atoms with Crippen LogP contribution in [0.2, 0.25) is 5.02 Å². The monoisotopic (exact) mass is 357 g/mol. The molecule has 6 heteroatoms. The standard InChI is InChI=1S/C14H17BrClN3O/c1-10-9-19(13-5-4-11(15)8-12(13)16)14(18-10)17-6-3-7-20-2/h4-5,8-9H,3,6-7H2,1-2H3,(H,17,18). The maximum atomic E-state index is 6.30. The van der Waals surface area contributed by atoms with Gasteiger partial charge in [-0.25, -0.2) is 4.98 Å². The van der Waals surface area contributed by atoms with E-state index in [9.17, 15) is 0 Å². The van der Waals surface area contributed by atoms with Gasteiger partial charge in [0.05, 0.1) is 16.4 Å². The van der Waals surface area contributed by atoms with Crippen molar-refractivity contribution in [2.45, 2.75) is 13.3 Å². The summed E-state index contributed by atoms with van der Waals surface area (Å²) in [6, 6.07) is 5.81. The summed E-state index contributed by atoms with van der Waals surface area (Å²) in [5.74, 6) is 0.794. The number of imidazole rings is 1. The van der Waals surface area contributed by atoms with Gasteiger partial charge in [-0.15, -0.1) is 0 Å². The first-order valence-electron chi connectivity index (χ1n) is 6.36. The SMILES string of the molecule is COCCCNc1nc(C)cn1-c1ccc(Br)cc1Cl. The second-order valence-corrected chi connectivity index (χ2v) is 5.77. The normalized spacial score (nSPS) is 10.8. The smallest absolute Gasteiger partial charge is 0.207 e. The molecule has 0 saturated carbocycles. The van der Waals surface area contributed by atoms with E-state index in [1.807, 2.05) is 35.9 Å². The van der Waals surface area contributed by atoms with Gasteiger partial charge in [-0.3, -0.25) is 4.57 Å². The number of halogens is 2. The third kappa shape index (κ3) is 3.75. The van der Waals surface area contributed by atoms with Crippen molar-refractivity contribution in [3.63, 3.8) is 0 Å². The van der Waals surface area contributed by atoms with Gasteiger partial charge in [0.15, 0.2) is 0 Å². The van der Waals surface area contributed by atoms with E-state index in [4.69, 9.17) is 16.3 Å². The molecular formula is C14H17BrClN3O. The number of ether oxygens (including phenoxy) is 1. The minimum absolute atomic E-state index is 0.678. The minimum atomic E-state index is 0.678. The predicted molar refractivity (Wildman–Crippen MR) is 86.0 cm³/mol. The second kappa shape index (κ2) is 7.11. The molecule has 1 N–H and O–H groups in total. The topological polar surface area (TPSA) is 39.1 Å². The van der Waals surface area contributed by atoms with Crippen LogP contribution in [-0.2, 0) is 4.74 Å². The minimum Gasteiger partial charge on any atom is -0.385 e. The Labute approximate surface area is 132 Å². The number of benzene rings is 1. The molecule has 108 valence electrons. The second-order valence-electron chi connectivity index (χ2n) is 4.44. The van der Waals surface area contributed by atoms with Crippen LogP contribution in [0.5, 0.6) is 0 Å². The number of aryl methyl sites for hydroxylation is 1. The molecule has 0 saturated heterocycles. The van der Waals surface area contributed by atoms with Crippen LogP contribution < -0.4 is 5.32 Å². The highest BCUT2D eigenvalue weighted by atomic mass is 79.9. The molecule has 0 fully saturated rings. The van der Waals surface area contributed by atoms with Crippen molar-refractivity contribution < 1.29 is 4.74 Å². The van der Waals surface area contributed by atoms with Crippen LogP contribution in [0, 0.1) is 6.92 Å². The van der Waals surface area contributed by atoms with Crippen LogP contribution in [0.25, 0.3) is 5.69 Å². The first kappa shape index (κ1) is 15.4. The molecule has 0 radical (unpaired) electrons. The van der Waals surface area contributed by atoms with Crippen LogP contribution in [0.15, 0.2) is 28.9 Å². The average Bonchev–Trinajstić information content (AvgIpc) is 2.76. The van der Waals surface area contributed by atoms with E-state index in [0.29, 0.717) is 5.02 Å². The van der Waals surface area contributed by atoms with E-state index in [0.717, 1.165) is 41.4 Å². The summed E-state index contributed by atoms with van der Waals surface area (Å²) in [6.07, 6.45) is 2.89. The van der Waals surface area contributed by atoms with Gasteiger partial charge in [0.2, 0.25) is 5.95 Å². The zero-order valence-corrected chi connectivity index (χ0v) is 13.8. The lowest BCUT2D eigenvalue weighted by Gasteiger charge is -2.11. The molecule has 0 aliphatic carbocycles. The molecule has 0 aliphatic rings. The predicted octanol–water partition coefficient (Wildman–Crippen LogP) is 4.05. The van der Waals surface area contributed by atoms with Crippen LogP contribution in [0.3, 0.4) is 0 Å². The van der Waals surface area contributed by atoms with Gasteiger partial charge in [-0.05, 0) is 31.5 Å². The van der Waals surface area contributed by atoms with E-state index in [1.54, 1.807) is 7.11 Å². The van der Waals surface area contributed by atoms with Gasteiger partial charge < -0.3 is 10.1 Å². The van der Waals surface area contributed by atoms with Gasteiger partial charge in [-0.2, -0.15) is 0 Å². The molecule has 0 amide bonds. The molecule has 0 spiro atoms. The van der Waals surface area contributed by atoms with Gasteiger partial charge in [-0.1, -0.05) is 27.5 Å². The molecule has 1 heterocycles. The Morgan fingerprint density at radius 1 is 1.45 bits per heavy atom. The molecular weight excluding hydrogens is 342 g/mol. The van der Waals surface area contributed by atoms with Crippen molar-refractivity contribution in [3.8, 4) is 5.69 Å². The van der Waals surface area contributed by atoms with Crippen LogP contribution in [0.1, 0.15) is 12.1 Å². The zero-order valence-electron chi connectivity index (χ0n) is 11.5. The maximum Gasteiger partial charge on any atom is 0.207 e. The van der Waals surface area contributed by atoms with E-state index in [2.05, 4.69) is 26.2 Å². The Kier molecular flexibility index (Phi) is 5.46. The Balaban J connectivity index is 2.22. The number of nitrogens with one attached hydrogen (secondary N) is 1. The van der Waals surface area contributed by atoms with E-state index >= 15 is 0 Å². The molecule has 4 nitrogen and oxygen atoms in total. The Bertz CT molecular complexity index is 586. The summed E-state index contributed by atoms with van der Waals surface area (Å²) >= 11 is 9.72. The first-order valence-corrected chi connectivity index (χ1v) is 7.53. The lowest BCUT2D eigenvalue weighted by molar-refractivity contribution is 0.197. The third-order valence-electron chi connectivity index (χ3n) is 2.80. The highest BCUT2D eigenvalue weighted by molar-refractivity contribution is 9.10. The Hall–Kier alpha value is -1.04. The fourth-order valence-corrected chi connectivity index (χ4v) is 2.66. The van der Waals surface area contributed by atoms with Crippen molar-refractivity contribution in [2.24, 2.45) is 0 Å². The molecule has 0 bridgehead atoms. The van der Waals surface area contributed by atoms with Crippen molar-refractivity contribution in [1.82, 2.24) is 9.55 Å². The number of rotatable bonds is 6. The molecule has 0 atom stereocenters. The maximum absolute atomic E-state index is 6.30. The quantitative estimate of drug-likeness (QED) is 0.792. The number of methoxy groups -OCH3 is 1. The zero-order chi connectivity index (χ0) is 14.5. The largest absolute Gasteiger partial charge is 0.385 e. The lowest BCUT2D eigenvalue weighted by atomic mass is 10.3. The number of hydrogen-bond acceptors (Lipinski definition) is 3. The summed E-state index contributed by atoms with van der Waals surface area (Å²) in [4.78, 5) is 4.49. The average molecular weight is 359 g/mol. The van der Waals surface area contributed by atoms with Crippen molar-refractivity contribution in [2.75, 3.05) is 25.6 Å². The van der Waals surface area contributed by atoms with E-state index in [-0.39, 0.29) is 0 Å². The van der Waals surface area contributed by atoms with Crippen LogP contribution >= 0.6 is 27.5 Å². The number of nitrogens with zero attached hydrogens (tertiary/aromatic N) is 2. The number of anilines is 1. The van der Waals surface area contributed by atoms with Gasteiger partial charge >= 0.3 is 0 Å². The number of aromatic nitrogens is 2. The summed E-state index contributed by atoms with van der Waals surface area (Å²) in [5, 5.41) is 3.99. The summed E-state index contributed by atoms with van der Waals surface area (Å²) in [7, 11) is 1.70. The van der Waals surface area contributed by atoms with Gasteiger partial charge in [0.25, 0.3) is 0 Å². The third-order valence-corrected chi connectivity index (χ3v) is 3.60. The highest BCUT2D eigenvalue weighted by Gasteiger charge is 2.10. The summed E-state index contributed by atoms with van der Waals surface area (Å²) in [6.45, 7) is 3.49. The van der Waals surface area contributed by atoms with Gasteiger partial charge in [0.1, 0.15) is 0 Å². The van der Waals surface area contributed by atoms with E-state index < -0.39 is 0 Å². The molecule has 0 unspecified atom stereocenters. The molecule has 1 aromatic heterocycles. The lowest BCUT2D eigenvalue weighted by Crippen LogP contribution is -2.09. The van der Waals surface area contributed by atoms with Gasteiger partial charge in [0, 0.05) is 30.9 Å². The van der Waals surface area contributed by atoms with Crippen LogP contribution in [-0.4, -0.2) is 29.8 Å². The number of hydrogen-bond donors (Lipinski definition) is 1. The molecule has 20 heavy (non-hydrogen) atoms. The highest BCUT2D eigenvalue weighted by Crippen LogP contribution is 2.27. The van der Waals surface area contributed by atoms with Crippen LogP contribution in [0.4, 0.5) is 5.95 Å². The Morgan fingerprint density at radius 2 is 2.25 bits per heavy atom. The summed E-state index contributed by atoms with van der Waals surface area (Å²) in [5.41, 5.74) is 1.85. The fourth-order valence-electron chi connectivity index (χ4n) is 1.90. The molecule has 1 aromatic carbocycles. The fraction of sp³-hybridized carbons (Fsp3) is 0.357.